The van der Waals surface area contributed by atoms with Gasteiger partial charge in [0.25, 0.3) is 5.91 Å². The molecule has 31 heavy (non-hydrogen) atoms. The van der Waals surface area contributed by atoms with E-state index in [1.807, 2.05) is 18.7 Å². The van der Waals surface area contributed by atoms with E-state index in [0.29, 0.717) is 11.0 Å². The summed E-state index contributed by atoms with van der Waals surface area (Å²) in [5.74, 6) is -0.222. The number of urea groups is 1. The zero-order chi connectivity index (χ0) is 22.4. The fourth-order valence-corrected chi connectivity index (χ4v) is 4.25. The maximum Gasteiger partial charge on any atom is 0.328 e. The Kier molecular flexibility index (Phi) is 5.38. The normalized spacial score (nSPS) is 22.8. The second-order valence-electron chi connectivity index (χ2n) is 7.66. The summed E-state index contributed by atoms with van der Waals surface area (Å²) in [6, 6.07) is 5.93. The predicted octanol–water partition coefficient (Wildman–Crippen LogP) is 2.23. The van der Waals surface area contributed by atoms with Crippen molar-refractivity contribution in [3.8, 4) is 0 Å². The summed E-state index contributed by atoms with van der Waals surface area (Å²) >= 11 is 5.95. The first-order valence-electron chi connectivity index (χ1n) is 10.0. The number of rotatable bonds is 5. The molecule has 3 aliphatic rings. The van der Waals surface area contributed by atoms with E-state index in [4.69, 9.17) is 16.3 Å². The molecular weight excluding hydrogens is 422 g/mol. The number of carbonyl (C=O) groups excluding carboxylic acids is 3. The Labute approximate surface area is 185 Å². The van der Waals surface area contributed by atoms with Crippen LogP contribution in [0.25, 0.3) is 0 Å². The van der Waals surface area contributed by atoms with Gasteiger partial charge in [-0.25, -0.2) is 9.79 Å². The van der Waals surface area contributed by atoms with Crippen molar-refractivity contribution in [2.75, 3.05) is 20.2 Å². The van der Waals surface area contributed by atoms with Crippen LogP contribution in [0.3, 0.4) is 0 Å². The third-order valence-corrected chi connectivity index (χ3v) is 6.10. The number of esters is 1. The molecule has 0 radical (unpaired) electrons. The fourth-order valence-electron chi connectivity index (χ4n) is 4.12. The molecule has 164 valence electrons. The van der Waals surface area contributed by atoms with Crippen LogP contribution in [0.2, 0.25) is 5.02 Å². The minimum atomic E-state index is -0.688. The van der Waals surface area contributed by atoms with Gasteiger partial charge in [-0.05, 0) is 38.5 Å². The lowest BCUT2D eigenvalue weighted by Gasteiger charge is -2.40. The number of nitrogens with zero attached hydrogens (tertiary/aromatic N) is 5. The summed E-state index contributed by atoms with van der Waals surface area (Å²) in [5, 5.41) is 0.584. The Morgan fingerprint density at radius 3 is 2.45 bits per heavy atom. The van der Waals surface area contributed by atoms with Crippen molar-refractivity contribution in [1.82, 2.24) is 19.6 Å². The topological polar surface area (TPSA) is 85.8 Å². The smallest absolute Gasteiger partial charge is 0.328 e. The molecule has 0 N–H and O–H groups in total. The highest BCUT2D eigenvalue weighted by molar-refractivity contribution is 6.30. The number of amides is 3. The van der Waals surface area contributed by atoms with Crippen molar-refractivity contribution in [3.63, 3.8) is 0 Å². The van der Waals surface area contributed by atoms with E-state index in [1.165, 1.54) is 9.80 Å². The van der Waals surface area contributed by atoms with Crippen molar-refractivity contribution in [2.45, 2.75) is 39.5 Å². The minimum absolute atomic E-state index is 0.00781. The number of fused-ring (bicyclic) bond motifs is 3. The lowest BCUT2D eigenvalue weighted by Crippen LogP contribution is -2.64. The van der Waals surface area contributed by atoms with E-state index in [9.17, 15) is 14.4 Å². The summed E-state index contributed by atoms with van der Waals surface area (Å²) < 4.78 is 5.08. The largest absolute Gasteiger partial charge is 0.465 e. The standard InChI is InChI=1S/C21H24ClN5O4/c1-5-31-16(28)11-25-12(2)13(3)27-17-18(23-20(25)27)24(4)21(30)26(19(17)29)10-14-6-8-15(22)9-7-14/h6-9,17-18H,5,10-11H2,1-4H3. The fraction of sp³-hybridized carbons (Fsp3) is 0.429. The number of likely N-dealkylation sites (N-methyl/N-ethyl adjacent to an activating group) is 1. The Balaban J connectivity index is 1.63. The SMILES string of the molecule is CCOC(=O)CN1C2=NC3C(C(=O)N(Cc4ccc(Cl)cc4)C(=O)N3C)N2C(C)=C1C. The monoisotopic (exact) mass is 445 g/mol. The van der Waals surface area contributed by atoms with Gasteiger partial charge in [0.2, 0.25) is 5.96 Å². The number of guanidine groups is 1. The molecule has 3 heterocycles. The minimum Gasteiger partial charge on any atom is -0.465 e. The Morgan fingerprint density at radius 1 is 1.13 bits per heavy atom. The third kappa shape index (κ3) is 3.42. The van der Waals surface area contributed by atoms with Crippen molar-refractivity contribution in [2.24, 2.45) is 4.99 Å². The summed E-state index contributed by atoms with van der Waals surface area (Å²) in [7, 11) is 1.63. The van der Waals surface area contributed by atoms with Gasteiger partial charge >= 0.3 is 12.0 Å². The highest BCUT2D eigenvalue weighted by Gasteiger charge is 2.55. The zero-order valence-electron chi connectivity index (χ0n) is 17.8. The van der Waals surface area contributed by atoms with Crippen LogP contribution in [0.5, 0.6) is 0 Å². The summed E-state index contributed by atoms with van der Waals surface area (Å²) in [6.07, 6.45) is -0.663. The molecule has 10 heteroatoms. The van der Waals surface area contributed by atoms with Gasteiger partial charge < -0.3 is 14.5 Å². The van der Waals surface area contributed by atoms with Crippen LogP contribution in [-0.4, -0.2) is 75.9 Å². The molecule has 2 atom stereocenters. The number of imide groups is 1. The lowest BCUT2D eigenvalue weighted by atomic mass is 10.1. The van der Waals surface area contributed by atoms with Crippen LogP contribution >= 0.6 is 11.6 Å². The average molecular weight is 446 g/mol. The van der Waals surface area contributed by atoms with Gasteiger partial charge in [0.05, 0.1) is 13.2 Å². The molecule has 0 spiro atoms. The molecule has 9 nitrogen and oxygen atoms in total. The summed E-state index contributed by atoms with van der Waals surface area (Å²) in [6.45, 7) is 5.92. The molecule has 2 unspecified atom stereocenters. The number of aliphatic imine (C=N–C) groups is 1. The molecular formula is C21H24ClN5O4. The van der Waals surface area contributed by atoms with E-state index >= 15 is 0 Å². The number of ether oxygens (including phenoxy) is 1. The Morgan fingerprint density at radius 2 is 1.81 bits per heavy atom. The molecule has 0 bridgehead atoms. The molecule has 1 fully saturated rings. The van der Waals surface area contributed by atoms with E-state index < -0.39 is 18.2 Å². The van der Waals surface area contributed by atoms with Gasteiger partial charge in [-0.1, -0.05) is 23.7 Å². The molecule has 1 aromatic carbocycles. The maximum atomic E-state index is 13.5. The Bertz CT molecular complexity index is 1010. The van der Waals surface area contributed by atoms with E-state index in [-0.39, 0.29) is 31.6 Å². The van der Waals surface area contributed by atoms with Gasteiger partial charge in [0.1, 0.15) is 6.54 Å². The number of hydrogen-bond acceptors (Lipinski definition) is 7. The van der Waals surface area contributed by atoms with Crippen molar-refractivity contribution in [3.05, 3.63) is 46.2 Å². The second-order valence-corrected chi connectivity index (χ2v) is 8.10. The van der Waals surface area contributed by atoms with Gasteiger partial charge in [-0.2, -0.15) is 0 Å². The number of allylic oxidation sites excluding steroid dienone is 2. The van der Waals surface area contributed by atoms with Gasteiger partial charge in [-0.3, -0.25) is 19.4 Å². The molecule has 3 amide bonds. The van der Waals surface area contributed by atoms with Crippen LogP contribution in [0, 0.1) is 0 Å². The molecule has 1 saturated heterocycles. The number of hydrogen-bond donors (Lipinski definition) is 0. The third-order valence-electron chi connectivity index (χ3n) is 5.85. The number of halogens is 1. The van der Waals surface area contributed by atoms with Crippen LogP contribution in [0.4, 0.5) is 4.79 Å². The number of carbonyl (C=O) groups is 3. The van der Waals surface area contributed by atoms with Gasteiger partial charge in [0.15, 0.2) is 12.2 Å². The van der Waals surface area contributed by atoms with Crippen LogP contribution in [-0.2, 0) is 20.9 Å². The van der Waals surface area contributed by atoms with Crippen molar-refractivity contribution < 1.29 is 19.1 Å². The first-order chi connectivity index (χ1) is 14.7. The quantitative estimate of drug-likeness (QED) is 0.646. The van der Waals surface area contributed by atoms with E-state index in [1.54, 1.807) is 43.1 Å². The van der Waals surface area contributed by atoms with Crippen LogP contribution in [0.1, 0.15) is 26.3 Å². The molecule has 4 rings (SSSR count). The first kappa shape index (κ1) is 21.2. The Hall–Kier alpha value is -3.07. The zero-order valence-corrected chi connectivity index (χ0v) is 18.6. The molecule has 0 aliphatic carbocycles. The molecule has 3 aliphatic heterocycles. The average Bonchev–Trinajstić information content (AvgIpc) is 3.23. The molecule has 0 aromatic heterocycles. The first-order valence-corrected chi connectivity index (χ1v) is 10.4. The molecule has 0 saturated carbocycles. The van der Waals surface area contributed by atoms with Crippen molar-refractivity contribution in [1.29, 1.82) is 0 Å². The van der Waals surface area contributed by atoms with Crippen LogP contribution in [0.15, 0.2) is 40.7 Å². The van der Waals surface area contributed by atoms with E-state index in [2.05, 4.69) is 4.99 Å². The van der Waals surface area contributed by atoms with Crippen molar-refractivity contribution >= 4 is 35.5 Å². The molecule has 1 aromatic rings. The number of benzene rings is 1. The van der Waals surface area contributed by atoms with Crippen LogP contribution < -0.4 is 0 Å². The van der Waals surface area contributed by atoms with Gasteiger partial charge in [-0.15, -0.1) is 0 Å². The highest BCUT2D eigenvalue weighted by Crippen LogP contribution is 2.37. The van der Waals surface area contributed by atoms with E-state index in [0.717, 1.165) is 17.0 Å². The summed E-state index contributed by atoms with van der Waals surface area (Å²) in [4.78, 5) is 49.5. The second kappa shape index (κ2) is 7.88. The predicted molar refractivity (Wildman–Crippen MR) is 114 cm³/mol. The summed E-state index contributed by atoms with van der Waals surface area (Å²) in [5.41, 5.74) is 2.44. The highest BCUT2D eigenvalue weighted by atomic mass is 35.5. The lowest BCUT2D eigenvalue weighted by molar-refractivity contribution is -0.143. The van der Waals surface area contributed by atoms with Gasteiger partial charge in [0, 0.05) is 23.5 Å². The maximum absolute atomic E-state index is 13.5.